The summed E-state index contributed by atoms with van der Waals surface area (Å²) < 4.78 is 11.5. The first-order chi connectivity index (χ1) is 15.3. The van der Waals surface area contributed by atoms with Crippen LogP contribution >= 0.6 is 0 Å². The van der Waals surface area contributed by atoms with Gasteiger partial charge in [0.1, 0.15) is 12.7 Å². The molecule has 168 valence electrons. The van der Waals surface area contributed by atoms with Crippen molar-refractivity contribution in [2.24, 2.45) is 5.16 Å². The maximum atomic E-state index is 5.96. The van der Waals surface area contributed by atoms with Crippen LogP contribution in [0.5, 0.6) is 11.5 Å². The van der Waals surface area contributed by atoms with Gasteiger partial charge in [0.2, 0.25) is 0 Å². The lowest BCUT2D eigenvalue weighted by molar-refractivity contribution is 0.0770. The van der Waals surface area contributed by atoms with E-state index in [0.29, 0.717) is 6.61 Å². The van der Waals surface area contributed by atoms with Crippen molar-refractivity contribution in [1.29, 1.82) is 0 Å². The third-order valence-electron chi connectivity index (χ3n) is 5.84. The molecule has 4 nitrogen and oxygen atoms in total. The van der Waals surface area contributed by atoms with Crippen LogP contribution < -0.4 is 9.47 Å². The Labute approximate surface area is 187 Å². The fourth-order valence-corrected chi connectivity index (χ4v) is 3.95. The minimum Gasteiger partial charge on any atom is -0.493 e. The second kappa shape index (κ2) is 13.0. The van der Waals surface area contributed by atoms with Crippen molar-refractivity contribution in [2.45, 2.75) is 83.8 Å². The quantitative estimate of drug-likeness (QED) is 0.304. The lowest BCUT2D eigenvalue weighted by atomic mass is 10.0. The predicted octanol–water partition coefficient (Wildman–Crippen LogP) is 7.10. The first kappa shape index (κ1) is 23.2. The number of rotatable bonds is 14. The fraction of sp³-hybridized carbons (Fsp3) is 0.519. The SMILES string of the molecule is CCCCCCCCC1CC(CCc2ccc(OCc3ccccc3)c(OC)c2)=NO1. The summed E-state index contributed by atoms with van der Waals surface area (Å²) in [7, 11) is 1.69. The highest BCUT2D eigenvalue weighted by molar-refractivity contribution is 5.85. The van der Waals surface area contributed by atoms with Crippen molar-refractivity contribution < 1.29 is 14.3 Å². The predicted molar refractivity (Wildman–Crippen MR) is 127 cm³/mol. The second-order valence-corrected chi connectivity index (χ2v) is 8.40. The zero-order valence-corrected chi connectivity index (χ0v) is 19.1. The van der Waals surface area contributed by atoms with Gasteiger partial charge in [0, 0.05) is 6.42 Å². The van der Waals surface area contributed by atoms with Crippen molar-refractivity contribution in [2.75, 3.05) is 7.11 Å². The van der Waals surface area contributed by atoms with E-state index in [2.05, 4.69) is 36.3 Å². The van der Waals surface area contributed by atoms with Gasteiger partial charge in [0.15, 0.2) is 11.5 Å². The van der Waals surface area contributed by atoms with Gasteiger partial charge in [0.05, 0.1) is 12.8 Å². The van der Waals surface area contributed by atoms with Crippen LogP contribution in [0.1, 0.15) is 75.8 Å². The molecule has 0 amide bonds. The van der Waals surface area contributed by atoms with Gasteiger partial charge in [-0.05, 0) is 48.9 Å². The molecule has 0 fully saturated rings. The number of nitrogens with zero attached hydrogens (tertiary/aromatic N) is 1. The van der Waals surface area contributed by atoms with E-state index in [1.54, 1.807) is 7.11 Å². The Morgan fingerprint density at radius 2 is 1.71 bits per heavy atom. The summed E-state index contributed by atoms with van der Waals surface area (Å²) in [6.45, 7) is 2.79. The standard InChI is InChI=1S/C27H37NO3/c1-3-4-5-6-7-11-14-25-20-24(28-31-25)17-15-22-16-18-26(27(19-22)29-2)30-21-23-12-9-8-10-13-23/h8-10,12-13,16,18-19,25H,3-7,11,14-15,17,20-21H2,1-2H3. The van der Waals surface area contributed by atoms with Crippen LogP contribution in [0.4, 0.5) is 0 Å². The molecule has 0 N–H and O–H groups in total. The summed E-state index contributed by atoms with van der Waals surface area (Å²) in [6.07, 6.45) is 12.2. The van der Waals surface area contributed by atoms with Crippen LogP contribution in [0.15, 0.2) is 53.7 Å². The summed E-state index contributed by atoms with van der Waals surface area (Å²) >= 11 is 0. The first-order valence-electron chi connectivity index (χ1n) is 11.8. The maximum Gasteiger partial charge on any atom is 0.161 e. The van der Waals surface area contributed by atoms with Crippen LogP contribution in [0.2, 0.25) is 0 Å². The molecular weight excluding hydrogens is 386 g/mol. The normalized spacial score (nSPS) is 15.4. The zero-order chi connectivity index (χ0) is 21.7. The van der Waals surface area contributed by atoms with E-state index in [0.717, 1.165) is 42.7 Å². The second-order valence-electron chi connectivity index (χ2n) is 8.40. The number of oxime groups is 1. The van der Waals surface area contributed by atoms with Gasteiger partial charge in [-0.3, -0.25) is 0 Å². The van der Waals surface area contributed by atoms with Gasteiger partial charge >= 0.3 is 0 Å². The van der Waals surface area contributed by atoms with Crippen LogP contribution in [0, 0.1) is 0 Å². The minimum atomic E-state index is 0.282. The third kappa shape index (κ3) is 7.93. The molecule has 1 unspecified atom stereocenters. The summed E-state index contributed by atoms with van der Waals surface area (Å²) in [5.74, 6) is 1.55. The number of hydrogen-bond acceptors (Lipinski definition) is 4. The summed E-state index contributed by atoms with van der Waals surface area (Å²) in [5.41, 5.74) is 3.55. The molecule has 4 heteroatoms. The molecule has 0 aromatic heterocycles. The van der Waals surface area contributed by atoms with E-state index in [1.807, 2.05) is 24.3 Å². The highest BCUT2D eigenvalue weighted by Gasteiger charge is 2.20. The van der Waals surface area contributed by atoms with Crippen molar-refractivity contribution in [3.8, 4) is 11.5 Å². The first-order valence-corrected chi connectivity index (χ1v) is 11.8. The Morgan fingerprint density at radius 1 is 0.903 bits per heavy atom. The molecule has 2 aromatic carbocycles. The van der Waals surface area contributed by atoms with Gasteiger partial charge in [0.25, 0.3) is 0 Å². The molecule has 0 aliphatic carbocycles. The number of ether oxygens (including phenoxy) is 2. The number of methoxy groups -OCH3 is 1. The third-order valence-corrected chi connectivity index (χ3v) is 5.84. The molecule has 31 heavy (non-hydrogen) atoms. The van der Waals surface area contributed by atoms with Crippen LogP contribution in [-0.2, 0) is 17.9 Å². The zero-order valence-electron chi connectivity index (χ0n) is 19.1. The molecule has 2 aromatic rings. The molecule has 1 heterocycles. The number of unbranched alkanes of at least 4 members (excludes halogenated alkanes) is 5. The highest BCUT2D eigenvalue weighted by atomic mass is 16.6. The molecule has 3 rings (SSSR count). The Morgan fingerprint density at radius 3 is 2.52 bits per heavy atom. The van der Waals surface area contributed by atoms with E-state index in [4.69, 9.17) is 14.3 Å². The molecule has 1 aliphatic rings. The lowest BCUT2D eigenvalue weighted by Gasteiger charge is -2.12. The van der Waals surface area contributed by atoms with Gasteiger partial charge in [-0.25, -0.2) is 0 Å². The number of hydrogen-bond donors (Lipinski definition) is 0. The summed E-state index contributed by atoms with van der Waals surface area (Å²) in [5, 5.41) is 4.34. The van der Waals surface area contributed by atoms with Gasteiger partial charge in [-0.1, -0.05) is 80.6 Å². The largest absolute Gasteiger partial charge is 0.493 e. The van der Waals surface area contributed by atoms with E-state index in [9.17, 15) is 0 Å². The molecule has 0 saturated carbocycles. The monoisotopic (exact) mass is 423 g/mol. The Hall–Kier alpha value is -2.49. The molecule has 0 radical (unpaired) electrons. The summed E-state index contributed by atoms with van der Waals surface area (Å²) in [4.78, 5) is 5.66. The van der Waals surface area contributed by atoms with Crippen LogP contribution in [0.3, 0.4) is 0 Å². The van der Waals surface area contributed by atoms with Crippen molar-refractivity contribution in [1.82, 2.24) is 0 Å². The molecule has 0 saturated heterocycles. The van der Waals surface area contributed by atoms with Crippen LogP contribution in [-0.4, -0.2) is 18.9 Å². The topological polar surface area (TPSA) is 40.0 Å². The Kier molecular flexibility index (Phi) is 9.75. The molecule has 1 aliphatic heterocycles. The van der Waals surface area contributed by atoms with Gasteiger partial charge in [-0.15, -0.1) is 0 Å². The average Bonchev–Trinajstić information content (AvgIpc) is 3.27. The molecule has 1 atom stereocenters. The average molecular weight is 424 g/mol. The Balaban J connectivity index is 1.39. The van der Waals surface area contributed by atoms with Crippen molar-refractivity contribution >= 4 is 5.71 Å². The molecule has 0 bridgehead atoms. The van der Waals surface area contributed by atoms with Gasteiger partial charge in [-0.2, -0.15) is 0 Å². The number of benzene rings is 2. The molecule has 0 spiro atoms. The highest BCUT2D eigenvalue weighted by Crippen LogP contribution is 2.30. The van der Waals surface area contributed by atoms with Gasteiger partial charge < -0.3 is 14.3 Å². The van der Waals surface area contributed by atoms with Crippen molar-refractivity contribution in [3.05, 3.63) is 59.7 Å². The van der Waals surface area contributed by atoms with E-state index in [-0.39, 0.29) is 6.10 Å². The maximum absolute atomic E-state index is 5.96. The van der Waals surface area contributed by atoms with E-state index in [1.165, 1.54) is 49.8 Å². The van der Waals surface area contributed by atoms with Crippen molar-refractivity contribution in [3.63, 3.8) is 0 Å². The minimum absolute atomic E-state index is 0.282. The van der Waals surface area contributed by atoms with Crippen LogP contribution in [0.25, 0.3) is 0 Å². The van der Waals surface area contributed by atoms with E-state index < -0.39 is 0 Å². The lowest BCUT2D eigenvalue weighted by Crippen LogP contribution is -2.08. The molecular formula is C27H37NO3. The van der Waals surface area contributed by atoms with E-state index >= 15 is 0 Å². The Bertz CT molecular complexity index is 803. The fourth-order valence-electron chi connectivity index (χ4n) is 3.95. The number of aryl methyl sites for hydroxylation is 1. The summed E-state index contributed by atoms with van der Waals surface area (Å²) in [6, 6.07) is 16.4. The smallest absolute Gasteiger partial charge is 0.161 e.